The van der Waals surface area contributed by atoms with E-state index in [0.29, 0.717) is 20.0 Å². The second kappa shape index (κ2) is 3.37. The summed E-state index contributed by atoms with van der Waals surface area (Å²) in [7, 11) is 0. The molecule has 2 aliphatic rings. The first-order chi connectivity index (χ1) is 8.03. The van der Waals surface area contributed by atoms with Gasteiger partial charge >= 0.3 is 0 Å². The maximum absolute atomic E-state index is 6.30. The highest BCUT2D eigenvalue weighted by Crippen LogP contribution is 2.44. The third kappa shape index (κ3) is 1.44. The van der Waals surface area contributed by atoms with Crippen LogP contribution in [-0.4, -0.2) is 25.5 Å². The van der Waals surface area contributed by atoms with Crippen LogP contribution in [0.1, 0.15) is 19.4 Å². The molecule has 0 atom stereocenters. The molecule has 17 heavy (non-hydrogen) atoms. The van der Waals surface area contributed by atoms with Gasteiger partial charge in [-0.05, 0) is 31.5 Å². The van der Waals surface area contributed by atoms with Gasteiger partial charge in [0.15, 0.2) is 11.5 Å². The summed E-state index contributed by atoms with van der Waals surface area (Å²) in [5.74, 6) is 1.61. The Bertz CT molecular complexity index is 446. The first-order valence-corrected chi connectivity index (χ1v) is 5.80. The standard InChI is InChI=1S/C13H17NO3/c1-12(2,14)13(6-15-7-13)9-3-4-10-11(5-9)17-8-16-10/h3-5H,6-8,14H2,1-2H3. The van der Waals surface area contributed by atoms with Crippen molar-refractivity contribution in [3.63, 3.8) is 0 Å². The fourth-order valence-corrected chi connectivity index (χ4v) is 2.41. The van der Waals surface area contributed by atoms with Crippen molar-refractivity contribution in [3.05, 3.63) is 23.8 Å². The van der Waals surface area contributed by atoms with Crippen LogP contribution in [0.4, 0.5) is 0 Å². The minimum Gasteiger partial charge on any atom is -0.454 e. The van der Waals surface area contributed by atoms with Crippen LogP contribution in [0.3, 0.4) is 0 Å². The fourth-order valence-electron chi connectivity index (χ4n) is 2.41. The van der Waals surface area contributed by atoms with E-state index in [0.717, 1.165) is 11.5 Å². The molecule has 1 fully saturated rings. The van der Waals surface area contributed by atoms with E-state index in [1.54, 1.807) is 0 Å². The molecule has 1 aromatic rings. The predicted octanol–water partition coefficient (Wildman–Crippen LogP) is 1.42. The van der Waals surface area contributed by atoms with Gasteiger partial charge in [-0.1, -0.05) is 6.07 Å². The second-order valence-corrected chi connectivity index (χ2v) is 5.36. The maximum atomic E-state index is 6.30. The van der Waals surface area contributed by atoms with E-state index < -0.39 is 0 Å². The zero-order valence-corrected chi connectivity index (χ0v) is 10.2. The minimum atomic E-state index is -0.320. The van der Waals surface area contributed by atoms with E-state index in [9.17, 15) is 0 Å². The Morgan fingerprint density at radius 3 is 2.47 bits per heavy atom. The SMILES string of the molecule is CC(C)(N)C1(c2ccc3c(c2)OCO3)COC1. The van der Waals surface area contributed by atoms with Crippen LogP contribution in [0, 0.1) is 0 Å². The van der Waals surface area contributed by atoms with Gasteiger partial charge in [0.2, 0.25) is 6.79 Å². The highest BCUT2D eigenvalue weighted by atomic mass is 16.7. The summed E-state index contributed by atoms with van der Waals surface area (Å²) in [5.41, 5.74) is 7.03. The molecule has 92 valence electrons. The van der Waals surface area contributed by atoms with Crippen molar-refractivity contribution in [2.75, 3.05) is 20.0 Å². The lowest BCUT2D eigenvalue weighted by molar-refractivity contribution is -0.0919. The van der Waals surface area contributed by atoms with Gasteiger partial charge in [-0.2, -0.15) is 0 Å². The lowest BCUT2D eigenvalue weighted by Gasteiger charge is -2.51. The van der Waals surface area contributed by atoms with Crippen LogP contribution in [0.2, 0.25) is 0 Å². The van der Waals surface area contributed by atoms with Gasteiger partial charge in [-0.25, -0.2) is 0 Å². The molecule has 0 radical (unpaired) electrons. The number of nitrogens with two attached hydrogens (primary N) is 1. The summed E-state index contributed by atoms with van der Waals surface area (Å²) in [4.78, 5) is 0. The second-order valence-electron chi connectivity index (χ2n) is 5.36. The van der Waals surface area contributed by atoms with Crippen LogP contribution >= 0.6 is 0 Å². The van der Waals surface area contributed by atoms with E-state index in [1.807, 2.05) is 26.0 Å². The van der Waals surface area contributed by atoms with Gasteiger partial charge in [0.05, 0.1) is 18.6 Å². The minimum absolute atomic E-state index is 0.117. The first-order valence-electron chi connectivity index (χ1n) is 5.80. The Kier molecular flexibility index (Phi) is 2.15. The average Bonchev–Trinajstić information content (AvgIpc) is 2.60. The van der Waals surface area contributed by atoms with Gasteiger partial charge in [-0.15, -0.1) is 0 Å². The molecule has 0 aliphatic carbocycles. The predicted molar refractivity (Wildman–Crippen MR) is 63.3 cm³/mol. The molecule has 0 bridgehead atoms. The number of benzene rings is 1. The fraction of sp³-hybridized carbons (Fsp3) is 0.538. The molecule has 1 saturated heterocycles. The van der Waals surface area contributed by atoms with Crippen molar-refractivity contribution >= 4 is 0 Å². The highest BCUT2D eigenvalue weighted by molar-refractivity contribution is 5.48. The zero-order valence-electron chi connectivity index (χ0n) is 10.2. The summed E-state index contributed by atoms with van der Waals surface area (Å²) in [6.07, 6.45) is 0. The summed E-state index contributed by atoms with van der Waals surface area (Å²) >= 11 is 0. The van der Waals surface area contributed by atoms with E-state index >= 15 is 0 Å². The Hall–Kier alpha value is -1.26. The number of ether oxygens (including phenoxy) is 3. The van der Waals surface area contributed by atoms with Crippen molar-refractivity contribution in [2.24, 2.45) is 5.73 Å². The van der Waals surface area contributed by atoms with E-state index in [4.69, 9.17) is 19.9 Å². The third-order valence-corrected chi connectivity index (χ3v) is 3.86. The molecule has 2 aliphatic heterocycles. The quantitative estimate of drug-likeness (QED) is 0.842. The number of fused-ring (bicyclic) bond motifs is 1. The molecule has 3 rings (SSSR count). The Labute approximate surface area is 101 Å². The lowest BCUT2D eigenvalue weighted by atomic mass is 9.66. The molecule has 2 N–H and O–H groups in total. The van der Waals surface area contributed by atoms with Crippen molar-refractivity contribution in [1.82, 2.24) is 0 Å². The summed E-state index contributed by atoms with van der Waals surface area (Å²) in [6.45, 7) is 5.71. The normalized spacial score (nSPS) is 21.1. The van der Waals surface area contributed by atoms with Crippen molar-refractivity contribution in [3.8, 4) is 11.5 Å². The number of hydrogen-bond acceptors (Lipinski definition) is 4. The van der Waals surface area contributed by atoms with Gasteiger partial charge in [-0.3, -0.25) is 0 Å². The molecule has 1 aromatic carbocycles. The Morgan fingerprint density at radius 2 is 1.88 bits per heavy atom. The molecule has 0 unspecified atom stereocenters. The van der Waals surface area contributed by atoms with Crippen molar-refractivity contribution in [1.29, 1.82) is 0 Å². The molecule has 4 nitrogen and oxygen atoms in total. The average molecular weight is 235 g/mol. The summed E-state index contributed by atoms with van der Waals surface area (Å²) < 4.78 is 16.1. The molecule has 0 amide bonds. The van der Waals surface area contributed by atoms with Crippen LogP contribution in [-0.2, 0) is 10.2 Å². The van der Waals surface area contributed by atoms with Crippen molar-refractivity contribution in [2.45, 2.75) is 24.8 Å². The van der Waals surface area contributed by atoms with E-state index in [-0.39, 0.29) is 11.0 Å². The molecule has 2 heterocycles. The monoisotopic (exact) mass is 235 g/mol. The highest BCUT2D eigenvalue weighted by Gasteiger charge is 2.50. The maximum Gasteiger partial charge on any atom is 0.231 e. The van der Waals surface area contributed by atoms with Crippen LogP contribution in [0.25, 0.3) is 0 Å². The van der Waals surface area contributed by atoms with Gasteiger partial charge in [0.25, 0.3) is 0 Å². The van der Waals surface area contributed by atoms with Gasteiger partial charge < -0.3 is 19.9 Å². The molecule has 0 spiro atoms. The summed E-state index contributed by atoms with van der Waals surface area (Å²) in [5, 5.41) is 0. The van der Waals surface area contributed by atoms with E-state index in [1.165, 1.54) is 5.56 Å². The lowest BCUT2D eigenvalue weighted by Crippen LogP contribution is -2.64. The molecule has 4 heteroatoms. The third-order valence-electron chi connectivity index (χ3n) is 3.86. The van der Waals surface area contributed by atoms with Crippen LogP contribution < -0.4 is 15.2 Å². The van der Waals surface area contributed by atoms with Crippen LogP contribution in [0.15, 0.2) is 18.2 Å². The molecular weight excluding hydrogens is 218 g/mol. The largest absolute Gasteiger partial charge is 0.454 e. The number of hydrogen-bond donors (Lipinski definition) is 1. The van der Waals surface area contributed by atoms with E-state index in [2.05, 4.69) is 6.07 Å². The zero-order chi connectivity index (χ0) is 12.1. The first kappa shape index (κ1) is 10.9. The smallest absolute Gasteiger partial charge is 0.231 e. The topological polar surface area (TPSA) is 53.7 Å². The summed E-state index contributed by atoms with van der Waals surface area (Å²) in [6, 6.07) is 6.04. The van der Waals surface area contributed by atoms with Gasteiger partial charge in [0, 0.05) is 5.54 Å². The van der Waals surface area contributed by atoms with Crippen molar-refractivity contribution < 1.29 is 14.2 Å². The molecular formula is C13H17NO3. The molecule has 0 aromatic heterocycles. The number of rotatable bonds is 2. The Morgan fingerprint density at radius 1 is 1.18 bits per heavy atom. The van der Waals surface area contributed by atoms with Crippen LogP contribution in [0.5, 0.6) is 11.5 Å². The molecule has 0 saturated carbocycles. The van der Waals surface area contributed by atoms with Gasteiger partial charge in [0.1, 0.15) is 0 Å². The Balaban J connectivity index is 2.03.